The Labute approximate surface area is 202 Å². The van der Waals surface area contributed by atoms with Crippen LogP contribution in [0, 0.1) is 10.1 Å². The van der Waals surface area contributed by atoms with Crippen molar-refractivity contribution in [2.24, 2.45) is 0 Å². The Morgan fingerprint density at radius 2 is 1.46 bits per heavy atom. The second-order valence-corrected chi connectivity index (χ2v) is 7.44. The van der Waals surface area contributed by atoms with E-state index < -0.39 is 16.5 Å². The molecule has 188 valence electrons. The van der Waals surface area contributed by atoms with Gasteiger partial charge in [-0.2, -0.15) is 0 Å². The Balaban J connectivity index is 2.00. The summed E-state index contributed by atoms with van der Waals surface area (Å²) in [5.41, 5.74) is 1.05. The zero-order valence-corrected chi connectivity index (χ0v) is 20.5. The lowest BCUT2D eigenvalue weighted by molar-refractivity contribution is -0.386. The van der Waals surface area contributed by atoms with Crippen molar-refractivity contribution in [1.82, 2.24) is 4.90 Å². The van der Waals surface area contributed by atoms with Crippen LogP contribution in [0.5, 0.6) is 34.5 Å². The minimum Gasteiger partial charge on any atom is -0.496 e. The molecule has 3 rings (SSSR count). The molecular formula is C24H28N2O9. The van der Waals surface area contributed by atoms with Gasteiger partial charge in [0.15, 0.2) is 5.75 Å². The smallest absolute Gasteiger partial charge is 0.327 e. The van der Waals surface area contributed by atoms with Crippen LogP contribution >= 0.6 is 0 Å². The van der Waals surface area contributed by atoms with E-state index in [4.69, 9.17) is 28.4 Å². The van der Waals surface area contributed by atoms with Crippen LogP contribution in [0.25, 0.3) is 5.57 Å². The van der Waals surface area contributed by atoms with Gasteiger partial charge in [0.25, 0.3) is 5.91 Å². The van der Waals surface area contributed by atoms with E-state index in [-0.39, 0.29) is 29.4 Å². The van der Waals surface area contributed by atoms with Gasteiger partial charge in [-0.1, -0.05) is 6.08 Å². The second-order valence-electron chi connectivity index (χ2n) is 7.44. The average molecular weight is 488 g/mol. The predicted molar refractivity (Wildman–Crippen MR) is 127 cm³/mol. The first kappa shape index (κ1) is 25.5. The molecule has 11 heteroatoms. The molecule has 35 heavy (non-hydrogen) atoms. The SMILES string of the molecule is COc1cc(OC)c(C2=CCN(C(=O)c3cc(OC)c(OC)c(OC)c3[N+](=O)[O-])CC2)c(OC)c1. The number of amides is 1. The van der Waals surface area contributed by atoms with Gasteiger partial charge in [-0.25, -0.2) is 0 Å². The van der Waals surface area contributed by atoms with E-state index in [2.05, 4.69) is 0 Å². The normalized spacial score (nSPS) is 13.0. The Hall–Kier alpha value is -4.15. The first-order valence-electron chi connectivity index (χ1n) is 10.6. The molecule has 2 aromatic carbocycles. The third-order valence-electron chi connectivity index (χ3n) is 5.75. The molecule has 1 aliphatic heterocycles. The molecule has 0 bridgehead atoms. The number of carbonyl (C=O) groups is 1. The quantitative estimate of drug-likeness (QED) is 0.385. The molecule has 1 amide bonds. The maximum Gasteiger partial charge on any atom is 0.327 e. The van der Waals surface area contributed by atoms with Crippen molar-refractivity contribution < 1.29 is 38.1 Å². The summed E-state index contributed by atoms with van der Waals surface area (Å²) in [5.74, 6) is 1.23. The number of nitrogens with zero attached hydrogens (tertiary/aromatic N) is 2. The van der Waals surface area contributed by atoms with Crippen molar-refractivity contribution >= 4 is 17.2 Å². The monoisotopic (exact) mass is 488 g/mol. The van der Waals surface area contributed by atoms with Gasteiger partial charge < -0.3 is 33.3 Å². The summed E-state index contributed by atoms with van der Waals surface area (Å²) >= 11 is 0. The van der Waals surface area contributed by atoms with E-state index in [9.17, 15) is 14.9 Å². The van der Waals surface area contributed by atoms with Crippen LogP contribution in [0.2, 0.25) is 0 Å². The fourth-order valence-corrected chi connectivity index (χ4v) is 4.06. The lowest BCUT2D eigenvalue weighted by atomic mass is 9.96. The third-order valence-corrected chi connectivity index (χ3v) is 5.75. The molecule has 0 saturated heterocycles. The van der Waals surface area contributed by atoms with Gasteiger partial charge in [-0.15, -0.1) is 0 Å². The van der Waals surface area contributed by atoms with Crippen LogP contribution < -0.4 is 28.4 Å². The van der Waals surface area contributed by atoms with Gasteiger partial charge in [0.05, 0.1) is 53.1 Å². The maximum atomic E-state index is 13.4. The zero-order valence-electron chi connectivity index (χ0n) is 20.5. The predicted octanol–water partition coefficient (Wildman–Crippen LogP) is 3.58. The highest BCUT2D eigenvalue weighted by Gasteiger charge is 2.35. The topological polar surface area (TPSA) is 119 Å². The molecule has 0 unspecified atom stereocenters. The number of benzene rings is 2. The highest BCUT2D eigenvalue weighted by molar-refractivity contribution is 6.01. The second kappa shape index (κ2) is 10.9. The summed E-state index contributed by atoms with van der Waals surface area (Å²) in [4.78, 5) is 26.2. The van der Waals surface area contributed by atoms with E-state index in [0.29, 0.717) is 30.2 Å². The molecule has 0 aromatic heterocycles. The molecule has 0 fully saturated rings. The van der Waals surface area contributed by atoms with Gasteiger partial charge in [-0.3, -0.25) is 14.9 Å². The van der Waals surface area contributed by atoms with E-state index in [0.717, 1.165) is 11.1 Å². The number of hydrogen-bond donors (Lipinski definition) is 0. The van der Waals surface area contributed by atoms with Gasteiger partial charge in [0, 0.05) is 31.3 Å². The summed E-state index contributed by atoms with van der Waals surface area (Å²) in [5, 5.41) is 11.9. The lowest BCUT2D eigenvalue weighted by Gasteiger charge is -2.28. The number of rotatable bonds is 9. The number of nitro groups is 1. The maximum absolute atomic E-state index is 13.4. The number of hydrogen-bond acceptors (Lipinski definition) is 9. The standard InChI is InChI=1S/C24H28N2O9/c1-30-15-11-17(31-2)20(18(12-15)32-3)14-7-9-25(10-8-14)24(27)16-13-19(33-4)22(34-5)23(35-6)21(16)26(28)29/h7,11-13H,8-10H2,1-6H3. The number of methoxy groups -OCH3 is 6. The van der Waals surface area contributed by atoms with Crippen LogP contribution in [0.15, 0.2) is 24.3 Å². The first-order chi connectivity index (χ1) is 16.8. The van der Waals surface area contributed by atoms with Crippen molar-refractivity contribution in [1.29, 1.82) is 0 Å². The lowest BCUT2D eigenvalue weighted by Crippen LogP contribution is -2.35. The molecule has 0 saturated carbocycles. The van der Waals surface area contributed by atoms with Crippen LogP contribution in [0.4, 0.5) is 5.69 Å². The van der Waals surface area contributed by atoms with Gasteiger partial charge in [0.2, 0.25) is 11.5 Å². The zero-order chi connectivity index (χ0) is 25.7. The van der Waals surface area contributed by atoms with Crippen LogP contribution in [-0.2, 0) is 0 Å². The molecule has 11 nitrogen and oxygen atoms in total. The number of ether oxygens (including phenoxy) is 6. The van der Waals surface area contributed by atoms with Gasteiger partial charge >= 0.3 is 5.69 Å². The summed E-state index contributed by atoms with van der Waals surface area (Å²) in [6.45, 7) is 0.539. The molecule has 0 radical (unpaired) electrons. The third kappa shape index (κ3) is 4.75. The van der Waals surface area contributed by atoms with Crippen molar-refractivity contribution in [3.63, 3.8) is 0 Å². The molecule has 2 aromatic rings. The Kier molecular flexibility index (Phi) is 7.90. The van der Waals surface area contributed by atoms with E-state index in [1.165, 1.54) is 32.3 Å². The Bertz CT molecular complexity index is 1140. The number of carbonyl (C=O) groups excluding carboxylic acids is 1. The first-order valence-corrected chi connectivity index (χ1v) is 10.6. The summed E-state index contributed by atoms with van der Waals surface area (Å²) in [6.07, 6.45) is 2.35. The fourth-order valence-electron chi connectivity index (χ4n) is 4.06. The van der Waals surface area contributed by atoms with Gasteiger partial charge in [-0.05, 0) is 12.0 Å². The molecule has 1 aliphatic rings. The highest BCUT2D eigenvalue weighted by Crippen LogP contribution is 2.47. The molecule has 0 N–H and O–H groups in total. The van der Waals surface area contributed by atoms with E-state index in [1.807, 2.05) is 6.08 Å². The van der Waals surface area contributed by atoms with Crippen molar-refractivity contribution in [2.75, 3.05) is 55.7 Å². The molecule has 1 heterocycles. The molecule has 0 spiro atoms. The van der Waals surface area contributed by atoms with E-state index >= 15 is 0 Å². The van der Waals surface area contributed by atoms with Gasteiger partial charge in [0.1, 0.15) is 22.8 Å². The largest absolute Gasteiger partial charge is 0.496 e. The van der Waals surface area contributed by atoms with Crippen molar-refractivity contribution in [3.8, 4) is 34.5 Å². The Morgan fingerprint density at radius 1 is 0.857 bits per heavy atom. The minimum atomic E-state index is -0.660. The average Bonchev–Trinajstić information content (AvgIpc) is 2.90. The minimum absolute atomic E-state index is 0.0396. The summed E-state index contributed by atoms with van der Waals surface area (Å²) in [7, 11) is 8.65. The highest BCUT2D eigenvalue weighted by atomic mass is 16.6. The van der Waals surface area contributed by atoms with Crippen LogP contribution in [-0.4, -0.2) is 71.5 Å². The Morgan fingerprint density at radius 3 is 1.89 bits per heavy atom. The van der Waals surface area contributed by atoms with E-state index in [1.54, 1.807) is 33.5 Å². The number of nitro benzene ring substituents is 1. The van der Waals surface area contributed by atoms with Crippen molar-refractivity contribution in [2.45, 2.75) is 6.42 Å². The fraction of sp³-hybridized carbons (Fsp3) is 0.375. The summed E-state index contributed by atoms with van der Waals surface area (Å²) in [6, 6.07) is 4.82. The van der Waals surface area contributed by atoms with Crippen LogP contribution in [0.3, 0.4) is 0 Å². The summed E-state index contributed by atoms with van der Waals surface area (Å²) < 4.78 is 32.1. The molecular weight excluding hydrogens is 460 g/mol. The van der Waals surface area contributed by atoms with Crippen molar-refractivity contribution in [3.05, 3.63) is 45.5 Å². The van der Waals surface area contributed by atoms with Crippen LogP contribution in [0.1, 0.15) is 22.3 Å². The molecule has 0 atom stereocenters. The molecule has 0 aliphatic carbocycles.